The topological polar surface area (TPSA) is 66.4 Å². The number of anilines is 1. The van der Waals surface area contributed by atoms with Crippen molar-refractivity contribution >= 4 is 15.7 Å². The van der Waals surface area contributed by atoms with E-state index in [-0.39, 0.29) is 11.5 Å². The molecule has 0 unspecified atom stereocenters. The van der Waals surface area contributed by atoms with Crippen LogP contribution in [0.5, 0.6) is 0 Å². The number of nitrogens with one attached hydrogen (secondary N) is 1. The highest BCUT2D eigenvalue weighted by molar-refractivity contribution is 7.92. The molecule has 0 radical (unpaired) electrons. The molecule has 0 saturated carbocycles. The van der Waals surface area contributed by atoms with Gasteiger partial charge in [-0.2, -0.15) is 0 Å². The molecule has 0 aliphatic carbocycles. The molecule has 2 aromatic rings. The van der Waals surface area contributed by atoms with Crippen LogP contribution >= 0.6 is 0 Å². The summed E-state index contributed by atoms with van der Waals surface area (Å²) in [5, 5.41) is 9.04. The highest BCUT2D eigenvalue weighted by Gasteiger charge is 2.14. The van der Waals surface area contributed by atoms with Gasteiger partial charge in [0, 0.05) is 5.69 Å². The maximum atomic E-state index is 12.2. The van der Waals surface area contributed by atoms with Crippen LogP contribution in [0.15, 0.2) is 53.4 Å². The van der Waals surface area contributed by atoms with Gasteiger partial charge in [-0.3, -0.25) is 4.72 Å². The van der Waals surface area contributed by atoms with Gasteiger partial charge in [0.1, 0.15) is 0 Å². The molecular weight excluding hydrogens is 262 g/mol. The van der Waals surface area contributed by atoms with Crippen LogP contribution in [-0.4, -0.2) is 13.5 Å². The van der Waals surface area contributed by atoms with Crippen molar-refractivity contribution in [2.75, 3.05) is 4.72 Å². The van der Waals surface area contributed by atoms with Gasteiger partial charge in [-0.05, 0) is 42.3 Å². The van der Waals surface area contributed by atoms with Crippen LogP contribution in [-0.2, 0) is 16.6 Å². The second-order valence-electron chi connectivity index (χ2n) is 4.28. The molecule has 2 aromatic carbocycles. The smallest absolute Gasteiger partial charge is 0.261 e. The second-order valence-corrected chi connectivity index (χ2v) is 5.96. The lowest BCUT2D eigenvalue weighted by atomic mass is 10.2. The molecule has 2 rings (SSSR count). The summed E-state index contributed by atoms with van der Waals surface area (Å²) < 4.78 is 26.9. The van der Waals surface area contributed by atoms with Crippen LogP contribution in [0.2, 0.25) is 0 Å². The number of benzene rings is 2. The summed E-state index contributed by atoms with van der Waals surface area (Å²) in [6.07, 6.45) is 0. The quantitative estimate of drug-likeness (QED) is 0.901. The third-order valence-electron chi connectivity index (χ3n) is 2.66. The van der Waals surface area contributed by atoms with E-state index < -0.39 is 10.0 Å². The summed E-state index contributed by atoms with van der Waals surface area (Å²) in [7, 11) is -3.62. The van der Waals surface area contributed by atoms with Crippen molar-refractivity contribution < 1.29 is 13.5 Å². The van der Waals surface area contributed by atoms with Gasteiger partial charge < -0.3 is 5.11 Å². The number of sulfonamides is 1. The molecule has 100 valence electrons. The molecule has 0 aromatic heterocycles. The number of aliphatic hydroxyl groups excluding tert-OH is 1. The highest BCUT2D eigenvalue weighted by atomic mass is 32.2. The van der Waals surface area contributed by atoms with Gasteiger partial charge in [0.15, 0.2) is 0 Å². The van der Waals surface area contributed by atoms with Crippen LogP contribution < -0.4 is 4.72 Å². The lowest BCUT2D eigenvalue weighted by Gasteiger charge is -2.09. The standard InChI is InChI=1S/C14H15NO3S/c1-11-4-2-6-13(8-11)15-19(17,18)14-7-3-5-12(9-14)10-16/h2-9,15-16H,10H2,1H3. The second kappa shape index (κ2) is 5.42. The summed E-state index contributed by atoms with van der Waals surface area (Å²) >= 11 is 0. The third-order valence-corrected chi connectivity index (χ3v) is 4.04. The van der Waals surface area contributed by atoms with Gasteiger partial charge in [-0.25, -0.2) is 8.42 Å². The van der Waals surface area contributed by atoms with Gasteiger partial charge in [0.2, 0.25) is 0 Å². The van der Waals surface area contributed by atoms with E-state index in [2.05, 4.69) is 4.72 Å². The average Bonchev–Trinajstić information content (AvgIpc) is 2.38. The maximum Gasteiger partial charge on any atom is 0.261 e. The van der Waals surface area contributed by atoms with Gasteiger partial charge in [0.25, 0.3) is 10.0 Å². The Morgan fingerprint density at radius 1 is 1.11 bits per heavy atom. The lowest BCUT2D eigenvalue weighted by molar-refractivity contribution is 0.281. The van der Waals surface area contributed by atoms with Crippen LogP contribution in [0.1, 0.15) is 11.1 Å². The monoisotopic (exact) mass is 277 g/mol. The Morgan fingerprint density at radius 2 is 1.84 bits per heavy atom. The minimum atomic E-state index is -3.62. The maximum absolute atomic E-state index is 12.2. The molecule has 0 saturated heterocycles. The molecule has 0 aliphatic heterocycles. The Balaban J connectivity index is 2.32. The Hall–Kier alpha value is -1.85. The van der Waals surface area contributed by atoms with E-state index in [1.54, 1.807) is 30.3 Å². The van der Waals surface area contributed by atoms with Gasteiger partial charge >= 0.3 is 0 Å². The lowest BCUT2D eigenvalue weighted by Crippen LogP contribution is -2.13. The summed E-state index contributed by atoms with van der Waals surface area (Å²) in [5.41, 5.74) is 2.06. The first-order chi connectivity index (χ1) is 9.01. The molecule has 0 heterocycles. The molecule has 4 nitrogen and oxygen atoms in total. The predicted molar refractivity (Wildman–Crippen MR) is 74.4 cm³/mol. The molecule has 19 heavy (non-hydrogen) atoms. The van der Waals surface area contributed by atoms with Crippen LogP contribution in [0.25, 0.3) is 0 Å². The van der Waals surface area contributed by atoms with Gasteiger partial charge in [-0.1, -0.05) is 24.3 Å². The van der Waals surface area contributed by atoms with E-state index >= 15 is 0 Å². The normalized spacial score (nSPS) is 11.3. The summed E-state index contributed by atoms with van der Waals surface area (Å²) in [6, 6.07) is 13.4. The number of aliphatic hydroxyl groups is 1. The number of rotatable bonds is 4. The molecular formula is C14H15NO3S. The fourth-order valence-corrected chi connectivity index (χ4v) is 2.85. The molecule has 0 atom stereocenters. The number of hydrogen-bond acceptors (Lipinski definition) is 3. The highest BCUT2D eigenvalue weighted by Crippen LogP contribution is 2.18. The largest absolute Gasteiger partial charge is 0.392 e. The Bertz CT molecular complexity index is 681. The Kier molecular flexibility index (Phi) is 3.87. The van der Waals surface area contributed by atoms with E-state index in [9.17, 15) is 8.42 Å². The molecule has 0 aliphatic rings. The van der Waals surface area contributed by atoms with Crippen molar-refractivity contribution in [1.82, 2.24) is 0 Å². The van der Waals surface area contributed by atoms with E-state index in [4.69, 9.17) is 5.11 Å². The predicted octanol–water partition coefficient (Wildman–Crippen LogP) is 2.29. The van der Waals surface area contributed by atoms with Gasteiger partial charge in [0.05, 0.1) is 11.5 Å². The minimum Gasteiger partial charge on any atom is -0.392 e. The first-order valence-corrected chi connectivity index (χ1v) is 7.29. The zero-order valence-electron chi connectivity index (χ0n) is 10.5. The molecule has 2 N–H and O–H groups in total. The number of aryl methyl sites for hydroxylation is 1. The van der Waals surface area contributed by atoms with Crippen LogP contribution in [0.4, 0.5) is 5.69 Å². The van der Waals surface area contributed by atoms with E-state index in [0.29, 0.717) is 11.3 Å². The minimum absolute atomic E-state index is 0.139. The van der Waals surface area contributed by atoms with Crippen molar-refractivity contribution in [2.24, 2.45) is 0 Å². The van der Waals surface area contributed by atoms with Crippen molar-refractivity contribution in [3.05, 3.63) is 59.7 Å². The molecule has 0 bridgehead atoms. The summed E-state index contributed by atoms with van der Waals surface area (Å²) in [6.45, 7) is 1.71. The average molecular weight is 277 g/mol. The third kappa shape index (κ3) is 3.33. The molecule has 0 fully saturated rings. The van der Waals surface area contributed by atoms with E-state index in [1.165, 1.54) is 12.1 Å². The van der Waals surface area contributed by atoms with Crippen LogP contribution in [0.3, 0.4) is 0 Å². The Labute approximate surface area is 112 Å². The zero-order chi connectivity index (χ0) is 13.9. The van der Waals surface area contributed by atoms with Crippen molar-refractivity contribution in [3.63, 3.8) is 0 Å². The molecule has 0 spiro atoms. The van der Waals surface area contributed by atoms with Crippen molar-refractivity contribution in [2.45, 2.75) is 18.4 Å². The first kappa shape index (κ1) is 13.6. The SMILES string of the molecule is Cc1cccc(NS(=O)(=O)c2cccc(CO)c2)c1. The van der Waals surface area contributed by atoms with Crippen LogP contribution in [0, 0.1) is 6.92 Å². The molecule has 0 amide bonds. The van der Waals surface area contributed by atoms with E-state index in [0.717, 1.165) is 5.56 Å². The summed E-state index contributed by atoms with van der Waals surface area (Å²) in [5.74, 6) is 0. The van der Waals surface area contributed by atoms with Crippen molar-refractivity contribution in [1.29, 1.82) is 0 Å². The fraction of sp³-hybridized carbons (Fsp3) is 0.143. The Morgan fingerprint density at radius 3 is 2.53 bits per heavy atom. The first-order valence-electron chi connectivity index (χ1n) is 5.80. The number of hydrogen-bond donors (Lipinski definition) is 2. The van der Waals surface area contributed by atoms with Crippen molar-refractivity contribution in [3.8, 4) is 0 Å². The molecule has 5 heteroatoms. The summed E-state index contributed by atoms with van der Waals surface area (Å²) in [4.78, 5) is 0.139. The fourth-order valence-electron chi connectivity index (χ4n) is 1.73. The zero-order valence-corrected chi connectivity index (χ0v) is 11.3. The van der Waals surface area contributed by atoms with E-state index in [1.807, 2.05) is 13.0 Å². The van der Waals surface area contributed by atoms with Gasteiger partial charge in [-0.15, -0.1) is 0 Å².